The molecule has 1 aliphatic heterocycles. The van der Waals surface area contributed by atoms with E-state index in [0.717, 1.165) is 41.2 Å². The van der Waals surface area contributed by atoms with Gasteiger partial charge in [-0.15, -0.1) is 21.5 Å². The molecular formula is C14H15N5O2S3. The largest absolute Gasteiger partial charge is 0.376 e. The molecule has 1 atom stereocenters. The predicted molar refractivity (Wildman–Crippen MR) is 96.3 cm³/mol. The molecule has 0 bridgehead atoms. The summed E-state index contributed by atoms with van der Waals surface area (Å²) in [6, 6.07) is 1.57. The molecule has 3 aromatic heterocycles. The maximum absolute atomic E-state index is 12.0. The molecule has 4 rings (SSSR count). The van der Waals surface area contributed by atoms with Crippen LogP contribution in [0.4, 0.5) is 5.13 Å². The summed E-state index contributed by atoms with van der Waals surface area (Å²) in [6.07, 6.45) is 4.24. The molecule has 4 heterocycles. The molecule has 0 aliphatic carbocycles. The molecule has 0 saturated carbocycles. The molecule has 10 heteroatoms. The molecule has 0 aromatic carbocycles. The quantitative estimate of drug-likeness (QED) is 0.657. The van der Waals surface area contributed by atoms with E-state index in [2.05, 4.69) is 20.5 Å². The summed E-state index contributed by atoms with van der Waals surface area (Å²) in [5.41, 5.74) is 0.713. The number of aromatic nitrogens is 4. The van der Waals surface area contributed by atoms with Gasteiger partial charge in [0, 0.05) is 36.5 Å². The molecule has 3 aromatic rings. The highest BCUT2D eigenvalue weighted by atomic mass is 32.2. The van der Waals surface area contributed by atoms with Crippen molar-refractivity contribution >= 4 is 44.5 Å². The van der Waals surface area contributed by atoms with Gasteiger partial charge >= 0.3 is 0 Å². The van der Waals surface area contributed by atoms with Crippen LogP contribution in [0.15, 0.2) is 26.8 Å². The van der Waals surface area contributed by atoms with E-state index in [4.69, 9.17) is 4.74 Å². The van der Waals surface area contributed by atoms with Crippen molar-refractivity contribution in [2.45, 2.75) is 29.0 Å². The second-order valence-corrected chi connectivity index (χ2v) is 8.39. The van der Waals surface area contributed by atoms with Gasteiger partial charge in [0.15, 0.2) is 9.30 Å². The van der Waals surface area contributed by atoms with E-state index in [9.17, 15) is 4.79 Å². The summed E-state index contributed by atoms with van der Waals surface area (Å²) in [4.78, 5) is 17.2. The smallest absolute Gasteiger partial charge is 0.258 e. The zero-order valence-electron chi connectivity index (χ0n) is 12.7. The van der Waals surface area contributed by atoms with E-state index in [0.29, 0.717) is 10.7 Å². The first kappa shape index (κ1) is 16.0. The fraction of sp³-hybridized carbons (Fsp3) is 0.429. The van der Waals surface area contributed by atoms with E-state index >= 15 is 0 Å². The van der Waals surface area contributed by atoms with Crippen LogP contribution < -0.4 is 10.9 Å². The van der Waals surface area contributed by atoms with Crippen molar-refractivity contribution in [3.63, 3.8) is 0 Å². The maximum atomic E-state index is 12.0. The fourth-order valence-electron chi connectivity index (χ4n) is 2.44. The highest BCUT2D eigenvalue weighted by Gasteiger charge is 2.16. The number of rotatable bonds is 6. The Morgan fingerprint density at radius 2 is 2.42 bits per heavy atom. The van der Waals surface area contributed by atoms with Gasteiger partial charge in [-0.1, -0.05) is 23.1 Å². The number of nitrogens with one attached hydrogen (secondary N) is 1. The monoisotopic (exact) mass is 381 g/mol. The third-order valence-corrected chi connectivity index (χ3v) is 6.42. The molecule has 1 unspecified atom stereocenters. The van der Waals surface area contributed by atoms with Gasteiger partial charge in [-0.2, -0.15) is 0 Å². The molecule has 1 saturated heterocycles. The lowest BCUT2D eigenvalue weighted by Crippen LogP contribution is -2.18. The number of nitrogens with zero attached hydrogens (tertiary/aromatic N) is 4. The lowest BCUT2D eigenvalue weighted by atomic mass is 10.2. The highest BCUT2D eigenvalue weighted by Crippen LogP contribution is 2.28. The Kier molecular flexibility index (Phi) is 4.79. The molecule has 126 valence electrons. The van der Waals surface area contributed by atoms with E-state index in [1.807, 2.05) is 5.38 Å². The van der Waals surface area contributed by atoms with Crippen molar-refractivity contribution in [1.82, 2.24) is 19.6 Å². The minimum atomic E-state index is -0.0481. The summed E-state index contributed by atoms with van der Waals surface area (Å²) in [6.45, 7) is 1.62. The van der Waals surface area contributed by atoms with Gasteiger partial charge in [-0.3, -0.25) is 9.20 Å². The molecule has 24 heavy (non-hydrogen) atoms. The Balaban J connectivity index is 1.35. The number of ether oxygens (including phenoxy) is 1. The van der Waals surface area contributed by atoms with Crippen LogP contribution in [0.3, 0.4) is 0 Å². The minimum Gasteiger partial charge on any atom is -0.376 e. The molecule has 0 radical (unpaired) electrons. The van der Waals surface area contributed by atoms with Crippen molar-refractivity contribution in [2.24, 2.45) is 0 Å². The van der Waals surface area contributed by atoms with Crippen molar-refractivity contribution in [1.29, 1.82) is 0 Å². The first-order valence-electron chi connectivity index (χ1n) is 7.55. The van der Waals surface area contributed by atoms with Crippen LogP contribution >= 0.6 is 34.4 Å². The van der Waals surface area contributed by atoms with Crippen LogP contribution in [-0.2, 0) is 10.5 Å². The molecule has 1 aliphatic rings. The lowest BCUT2D eigenvalue weighted by molar-refractivity contribution is 0.120. The summed E-state index contributed by atoms with van der Waals surface area (Å²) < 4.78 is 7.99. The van der Waals surface area contributed by atoms with Gasteiger partial charge in [0.05, 0.1) is 11.8 Å². The molecular weight excluding hydrogens is 366 g/mol. The van der Waals surface area contributed by atoms with Crippen molar-refractivity contribution in [2.75, 3.05) is 18.5 Å². The second kappa shape index (κ2) is 7.18. The maximum Gasteiger partial charge on any atom is 0.258 e. The first-order chi connectivity index (χ1) is 11.8. The minimum absolute atomic E-state index is 0.0481. The normalized spacial score (nSPS) is 17.6. The Morgan fingerprint density at radius 3 is 3.29 bits per heavy atom. The topological polar surface area (TPSA) is 81.4 Å². The van der Waals surface area contributed by atoms with Gasteiger partial charge < -0.3 is 10.1 Å². The summed E-state index contributed by atoms with van der Waals surface area (Å²) in [5, 5.41) is 14.2. The van der Waals surface area contributed by atoms with Crippen LogP contribution in [0.5, 0.6) is 0 Å². The Labute approximate surface area is 150 Å². The zero-order chi connectivity index (χ0) is 16.4. The molecule has 0 amide bonds. The van der Waals surface area contributed by atoms with E-state index in [-0.39, 0.29) is 11.7 Å². The van der Waals surface area contributed by atoms with Crippen molar-refractivity contribution in [3.05, 3.63) is 33.7 Å². The van der Waals surface area contributed by atoms with Gasteiger partial charge in [0.25, 0.3) is 5.56 Å². The lowest BCUT2D eigenvalue weighted by Gasteiger charge is -2.08. The van der Waals surface area contributed by atoms with Gasteiger partial charge in [-0.05, 0) is 12.8 Å². The zero-order valence-corrected chi connectivity index (χ0v) is 15.1. The number of thioether (sulfide) groups is 1. The SMILES string of the molecule is O=c1cc(CSc2nnc(NCC3CCCO3)s2)nc2sccn12. The van der Waals surface area contributed by atoms with Gasteiger partial charge in [0.2, 0.25) is 5.13 Å². The number of hydrogen-bond donors (Lipinski definition) is 1. The third-order valence-electron chi connectivity index (χ3n) is 3.61. The molecule has 1 fully saturated rings. The molecule has 1 N–H and O–H groups in total. The third kappa shape index (κ3) is 3.61. The summed E-state index contributed by atoms with van der Waals surface area (Å²) in [7, 11) is 0. The van der Waals surface area contributed by atoms with E-state index < -0.39 is 0 Å². The first-order valence-corrected chi connectivity index (χ1v) is 10.2. The number of thiazole rings is 1. The van der Waals surface area contributed by atoms with Crippen LogP contribution in [0, 0.1) is 0 Å². The Hall–Kier alpha value is -1.49. The Bertz CT molecular complexity index is 884. The number of fused-ring (bicyclic) bond motifs is 1. The molecule has 0 spiro atoms. The second-order valence-electron chi connectivity index (χ2n) is 5.32. The standard InChI is InChI=1S/C14H15N5O2S3/c20-11-6-9(16-13-19(11)3-5-22-13)8-23-14-18-17-12(24-14)15-7-10-2-1-4-21-10/h3,5-6,10H,1-2,4,7-8H2,(H,15,17). The average Bonchev–Trinajstić information content (AvgIpc) is 3.32. The van der Waals surface area contributed by atoms with Crippen LogP contribution in [0.2, 0.25) is 0 Å². The average molecular weight is 382 g/mol. The highest BCUT2D eigenvalue weighted by molar-refractivity contribution is 8.00. The van der Waals surface area contributed by atoms with Crippen LogP contribution in [-0.4, -0.2) is 38.8 Å². The predicted octanol–water partition coefficient (Wildman–Crippen LogP) is 2.49. The summed E-state index contributed by atoms with van der Waals surface area (Å²) >= 11 is 4.51. The Morgan fingerprint density at radius 1 is 1.46 bits per heavy atom. The van der Waals surface area contributed by atoms with Gasteiger partial charge in [0.1, 0.15) is 0 Å². The van der Waals surface area contributed by atoms with Crippen LogP contribution in [0.25, 0.3) is 4.96 Å². The fourth-order valence-corrected chi connectivity index (χ4v) is 4.83. The summed E-state index contributed by atoms with van der Waals surface area (Å²) in [5.74, 6) is 0.601. The van der Waals surface area contributed by atoms with Crippen molar-refractivity contribution in [3.8, 4) is 0 Å². The van der Waals surface area contributed by atoms with Gasteiger partial charge in [-0.25, -0.2) is 4.98 Å². The van der Waals surface area contributed by atoms with Crippen LogP contribution in [0.1, 0.15) is 18.5 Å². The molecule has 7 nitrogen and oxygen atoms in total. The van der Waals surface area contributed by atoms with E-state index in [1.165, 1.54) is 34.4 Å². The number of anilines is 1. The number of hydrogen-bond acceptors (Lipinski definition) is 9. The van der Waals surface area contributed by atoms with Crippen molar-refractivity contribution < 1.29 is 4.74 Å². The van der Waals surface area contributed by atoms with E-state index in [1.54, 1.807) is 16.7 Å².